The van der Waals surface area contributed by atoms with E-state index in [4.69, 9.17) is 10.4 Å². The molecular weight excluding hydrogens is 202 g/mol. The minimum absolute atomic E-state index is 0. The molecule has 1 N–H and O–H groups in total. The Balaban J connectivity index is 0.00000169. The van der Waals surface area contributed by atoms with Crippen molar-refractivity contribution < 1.29 is 9.90 Å². The van der Waals surface area contributed by atoms with Crippen LogP contribution in [0.3, 0.4) is 0 Å². The molecule has 1 aromatic carbocycles. The van der Waals surface area contributed by atoms with Gasteiger partial charge in [0.05, 0.1) is 11.6 Å². The first-order chi connectivity index (χ1) is 6.22. The van der Waals surface area contributed by atoms with Gasteiger partial charge in [0.1, 0.15) is 0 Å². The number of nitriles is 1. The molecule has 0 aliphatic carbocycles. The maximum Gasteiger partial charge on any atom is 0.328 e. The normalized spacial score (nSPS) is 9.07. The molecule has 0 aliphatic rings. The zero-order chi connectivity index (χ0) is 9.68. The molecule has 1 aromatic rings. The highest BCUT2D eigenvalue weighted by Crippen LogP contribution is 2.04. The lowest BCUT2D eigenvalue weighted by Crippen LogP contribution is -1.85. The van der Waals surface area contributed by atoms with Crippen LogP contribution in [0.5, 0.6) is 0 Å². The third kappa shape index (κ3) is 3.74. The number of carboxylic acids is 1. The molecule has 1 rings (SSSR count). The van der Waals surface area contributed by atoms with Gasteiger partial charge in [-0.25, -0.2) is 4.79 Å². The minimum Gasteiger partial charge on any atom is -0.478 e. The largest absolute Gasteiger partial charge is 0.478 e. The third-order valence-corrected chi connectivity index (χ3v) is 1.46. The number of aliphatic carboxylic acids is 1. The molecule has 0 radical (unpaired) electrons. The van der Waals surface area contributed by atoms with Crippen LogP contribution >= 0.6 is 12.4 Å². The molecule has 0 spiro atoms. The maximum atomic E-state index is 10.2. The van der Waals surface area contributed by atoms with Gasteiger partial charge < -0.3 is 5.11 Å². The quantitative estimate of drug-likeness (QED) is 0.759. The van der Waals surface area contributed by atoms with Crippen molar-refractivity contribution in [1.29, 1.82) is 5.26 Å². The number of carboxylic acid groups (broad SMARTS) is 1. The first-order valence-corrected chi connectivity index (χ1v) is 3.63. The topological polar surface area (TPSA) is 61.1 Å². The zero-order valence-electron chi connectivity index (χ0n) is 7.18. The number of nitrogens with zero attached hydrogens (tertiary/aromatic N) is 1. The lowest BCUT2D eigenvalue weighted by atomic mass is 10.1. The fourth-order valence-corrected chi connectivity index (χ4v) is 0.836. The smallest absolute Gasteiger partial charge is 0.328 e. The second kappa shape index (κ2) is 5.79. The van der Waals surface area contributed by atoms with Crippen LogP contribution in [0.2, 0.25) is 0 Å². The molecule has 0 heterocycles. The number of hydrogen-bond donors (Lipinski definition) is 1. The van der Waals surface area contributed by atoms with Crippen LogP contribution < -0.4 is 0 Å². The summed E-state index contributed by atoms with van der Waals surface area (Å²) < 4.78 is 0. The van der Waals surface area contributed by atoms with Crippen molar-refractivity contribution in [2.24, 2.45) is 0 Å². The second-order valence-electron chi connectivity index (χ2n) is 2.41. The molecule has 0 unspecified atom stereocenters. The lowest BCUT2D eigenvalue weighted by molar-refractivity contribution is -0.131. The van der Waals surface area contributed by atoms with Gasteiger partial charge in [0.25, 0.3) is 0 Å². The van der Waals surface area contributed by atoms with Crippen LogP contribution in [0.1, 0.15) is 11.1 Å². The van der Waals surface area contributed by atoms with Crippen molar-refractivity contribution in [2.75, 3.05) is 0 Å². The summed E-state index contributed by atoms with van der Waals surface area (Å²) in [5, 5.41) is 16.8. The van der Waals surface area contributed by atoms with Crippen molar-refractivity contribution in [3.05, 3.63) is 41.5 Å². The van der Waals surface area contributed by atoms with E-state index in [9.17, 15) is 4.79 Å². The number of benzene rings is 1. The Labute approximate surface area is 87.7 Å². The summed E-state index contributed by atoms with van der Waals surface area (Å²) in [5.74, 6) is -0.982. The predicted octanol–water partition coefficient (Wildman–Crippen LogP) is 2.08. The van der Waals surface area contributed by atoms with E-state index in [-0.39, 0.29) is 12.4 Å². The molecule has 0 saturated heterocycles. The minimum atomic E-state index is -0.982. The highest BCUT2D eigenvalue weighted by Gasteiger charge is 1.90. The molecule has 14 heavy (non-hydrogen) atoms. The molecule has 4 heteroatoms. The summed E-state index contributed by atoms with van der Waals surface area (Å²) >= 11 is 0. The van der Waals surface area contributed by atoms with Crippen LogP contribution in [-0.2, 0) is 4.79 Å². The van der Waals surface area contributed by atoms with Crippen molar-refractivity contribution >= 4 is 24.5 Å². The first kappa shape index (κ1) is 12.2. The standard InChI is InChI=1S/C10H7NO2.ClH/c11-7-9-3-1-8(2-4-9)5-6-10(12)13;/h1-6H,(H,12,13);1H. The van der Waals surface area contributed by atoms with E-state index in [1.54, 1.807) is 24.3 Å². The van der Waals surface area contributed by atoms with E-state index in [0.29, 0.717) is 5.56 Å². The third-order valence-electron chi connectivity index (χ3n) is 1.46. The SMILES string of the molecule is Cl.N#Cc1ccc(C=CC(=O)O)cc1. The Bertz CT molecular complexity index is 376. The van der Waals surface area contributed by atoms with Crippen LogP contribution in [0.25, 0.3) is 6.08 Å². The first-order valence-electron chi connectivity index (χ1n) is 3.63. The monoisotopic (exact) mass is 209 g/mol. The number of hydrogen-bond acceptors (Lipinski definition) is 2. The number of halogens is 1. The van der Waals surface area contributed by atoms with Gasteiger partial charge in [0, 0.05) is 6.08 Å². The Morgan fingerprint density at radius 1 is 1.36 bits per heavy atom. The Hall–Kier alpha value is -1.79. The van der Waals surface area contributed by atoms with Gasteiger partial charge in [-0.15, -0.1) is 12.4 Å². The summed E-state index contributed by atoms with van der Waals surface area (Å²) in [6.07, 6.45) is 2.53. The maximum absolute atomic E-state index is 10.2. The van der Waals surface area contributed by atoms with Gasteiger partial charge in [0.2, 0.25) is 0 Å². The fourth-order valence-electron chi connectivity index (χ4n) is 0.836. The summed E-state index contributed by atoms with van der Waals surface area (Å²) in [5.41, 5.74) is 1.33. The van der Waals surface area contributed by atoms with Crippen molar-refractivity contribution in [1.82, 2.24) is 0 Å². The highest BCUT2D eigenvalue weighted by atomic mass is 35.5. The van der Waals surface area contributed by atoms with Gasteiger partial charge >= 0.3 is 5.97 Å². The molecule has 0 aliphatic heterocycles. The predicted molar refractivity (Wildman–Crippen MR) is 55.1 cm³/mol. The van der Waals surface area contributed by atoms with Gasteiger partial charge in [-0.1, -0.05) is 12.1 Å². The van der Waals surface area contributed by atoms with Gasteiger partial charge in [0.15, 0.2) is 0 Å². The van der Waals surface area contributed by atoms with Gasteiger partial charge in [-0.05, 0) is 23.8 Å². The molecule has 72 valence electrons. The Kier molecular flexibility index (Phi) is 5.05. The molecular formula is C10H8ClNO2. The summed E-state index contributed by atoms with van der Waals surface area (Å²) in [4.78, 5) is 10.2. The van der Waals surface area contributed by atoms with E-state index in [2.05, 4.69) is 0 Å². The van der Waals surface area contributed by atoms with Crippen LogP contribution in [0.4, 0.5) is 0 Å². The van der Waals surface area contributed by atoms with E-state index < -0.39 is 5.97 Å². The van der Waals surface area contributed by atoms with Gasteiger partial charge in [-0.2, -0.15) is 5.26 Å². The van der Waals surface area contributed by atoms with Gasteiger partial charge in [-0.3, -0.25) is 0 Å². The van der Waals surface area contributed by atoms with E-state index >= 15 is 0 Å². The molecule has 0 fully saturated rings. The average molecular weight is 210 g/mol. The molecule has 0 saturated carbocycles. The second-order valence-corrected chi connectivity index (χ2v) is 2.41. The molecule has 0 atom stereocenters. The Morgan fingerprint density at radius 2 is 1.93 bits per heavy atom. The molecule has 0 amide bonds. The van der Waals surface area contributed by atoms with Crippen LogP contribution in [0, 0.1) is 11.3 Å². The molecule has 0 aromatic heterocycles. The van der Waals surface area contributed by atoms with Crippen LogP contribution in [-0.4, -0.2) is 11.1 Å². The Morgan fingerprint density at radius 3 is 2.36 bits per heavy atom. The lowest BCUT2D eigenvalue weighted by Gasteiger charge is -1.91. The summed E-state index contributed by atoms with van der Waals surface area (Å²) in [7, 11) is 0. The van der Waals surface area contributed by atoms with Crippen molar-refractivity contribution in [2.45, 2.75) is 0 Å². The van der Waals surface area contributed by atoms with E-state index in [1.807, 2.05) is 6.07 Å². The van der Waals surface area contributed by atoms with Crippen LogP contribution in [0.15, 0.2) is 30.3 Å². The fraction of sp³-hybridized carbons (Fsp3) is 0. The number of rotatable bonds is 2. The van der Waals surface area contributed by atoms with Crippen molar-refractivity contribution in [3.63, 3.8) is 0 Å². The average Bonchev–Trinajstić information content (AvgIpc) is 2.15. The molecule has 0 bridgehead atoms. The molecule has 3 nitrogen and oxygen atoms in total. The summed E-state index contributed by atoms with van der Waals surface area (Å²) in [6.45, 7) is 0. The highest BCUT2D eigenvalue weighted by molar-refractivity contribution is 5.85. The van der Waals surface area contributed by atoms with E-state index in [1.165, 1.54) is 6.08 Å². The number of carbonyl (C=O) groups is 1. The van der Waals surface area contributed by atoms with E-state index in [0.717, 1.165) is 11.6 Å². The summed E-state index contributed by atoms with van der Waals surface area (Å²) in [6, 6.07) is 8.64. The zero-order valence-corrected chi connectivity index (χ0v) is 7.99. The van der Waals surface area contributed by atoms with Crippen molar-refractivity contribution in [3.8, 4) is 6.07 Å².